The number of benzene rings is 2. The Kier molecular flexibility index (Phi) is 5.92. The van der Waals surface area contributed by atoms with Crippen molar-refractivity contribution in [2.24, 2.45) is 11.7 Å². The molecule has 8 nitrogen and oxygen atoms in total. The van der Waals surface area contributed by atoms with E-state index in [1.807, 2.05) is 29.0 Å². The number of hydrogen-bond donors (Lipinski definition) is 2. The van der Waals surface area contributed by atoms with Gasteiger partial charge in [0.2, 0.25) is 12.7 Å². The van der Waals surface area contributed by atoms with E-state index < -0.39 is 0 Å². The first-order valence-corrected chi connectivity index (χ1v) is 11.3. The molecule has 0 bridgehead atoms. The van der Waals surface area contributed by atoms with Gasteiger partial charge in [-0.3, -0.25) is 14.5 Å². The molecule has 33 heavy (non-hydrogen) atoms. The summed E-state index contributed by atoms with van der Waals surface area (Å²) in [6.45, 7) is 3.74. The number of piperidine rings is 1. The molecule has 2 aliphatic heterocycles. The predicted octanol–water partition coefficient (Wildman–Crippen LogP) is 2.50. The molecular weight excluding hydrogens is 420 g/mol. The molecule has 2 aromatic carbocycles. The molecule has 1 saturated heterocycles. The quantitative estimate of drug-likeness (QED) is 0.579. The molecule has 0 aliphatic carbocycles. The number of nitrogens with zero attached hydrogens (tertiary/aromatic N) is 2. The van der Waals surface area contributed by atoms with Gasteiger partial charge in [0.25, 0.3) is 5.91 Å². The van der Waals surface area contributed by atoms with Crippen molar-refractivity contribution in [2.75, 3.05) is 26.4 Å². The second kappa shape index (κ2) is 9.15. The summed E-state index contributed by atoms with van der Waals surface area (Å²) in [6.07, 6.45) is 4.21. The molecule has 3 N–H and O–H groups in total. The molecule has 8 heteroatoms. The van der Waals surface area contributed by atoms with E-state index in [4.69, 9.17) is 15.2 Å². The number of rotatable bonds is 7. The van der Waals surface area contributed by atoms with Crippen LogP contribution in [0.4, 0.5) is 0 Å². The maximum absolute atomic E-state index is 12.6. The lowest BCUT2D eigenvalue weighted by molar-refractivity contribution is -0.118. The minimum Gasteiger partial charge on any atom is -0.454 e. The highest BCUT2D eigenvalue weighted by Gasteiger charge is 2.23. The Morgan fingerprint density at radius 2 is 1.97 bits per heavy atom. The van der Waals surface area contributed by atoms with Crippen molar-refractivity contribution in [2.45, 2.75) is 25.9 Å². The van der Waals surface area contributed by atoms with Gasteiger partial charge in [-0.2, -0.15) is 0 Å². The molecule has 3 aromatic rings. The van der Waals surface area contributed by atoms with Crippen LogP contribution in [0.25, 0.3) is 10.9 Å². The van der Waals surface area contributed by atoms with Gasteiger partial charge >= 0.3 is 0 Å². The standard InChI is InChI=1S/C25H28N4O4/c26-24(30)15-29-14-19(20-5-1-2-6-21(20)29)13-28-9-3-4-17(12-28)11-27-25(31)18-7-8-22-23(10-18)33-16-32-22/h1-2,5-8,10,14,17H,3-4,9,11-13,15-16H2,(H2,26,30)(H,27,31)/t17-/m1/s1. The van der Waals surface area contributed by atoms with E-state index in [2.05, 4.69) is 16.3 Å². The number of aromatic nitrogens is 1. The molecule has 0 saturated carbocycles. The van der Waals surface area contributed by atoms with Gasteiger partial charge in [0, 0.05) is 42.3 Å². The number of likely N-dealkylation sites (tertiary alicyclic amines) is 1. The minimum atomic E-state index is -0.349. The van der Waals surface area contributed by atoms with Crippen LogP contribution in [0.3, 0.4) is 0 Å². The lowest BCUT2D eigenvalue weighted by Crippen LogP contribution is -2.40. The van der Waals surface area contributed by atoms with Crippen LogP contribution < -0.4 is 20.5 Å². The minimum absolute atomic E-state index is 0.0973. The number of ether oxygens (including phenoxy) is 2. The maximum Gasteiger partial charge on any atom is 0.251 e. The van der Waals surface area contributed by atoms with Crippen LogP contribution in [-0.4, -0.2) is 47.7 Å². The van der Waals surface area contributed by atoms with E-state index >= 15 is 0 Å². The summed E-state index contributed by atoms with van der Waals surface area (Å²) in [7, 11) is 0. The zero-order valence-electron chi connectivity index (χ0n) is 18.5. The van der Waals surface area contributed by atoms with Gasteiger partial charge in [-0.05, 0) is 55.1 Å². The number of fused-ring (bicyclic) bond motifs is 2. The van der Waals surface area contributed by atoms with E-state index in [1.165, 1.54) is 5.56 Å². The number of para-hydroxylation sites is 1. The van der Waals surface area contributed by atoms with E-state index in [0.717, 1.165) is 43.4 Å². The Balaban J connectivity index is 1.21. The van der Waals surface area contributed by atoms with Crippen molar-refractivity contribution in [3.8, 4) is 11.5 Å². The fourth-order valence-electron chi connectivity index (χ4n) is 4.83. The van der Waals surface area contributed by atoms with E-state index in [-0.39, 0.29) is 25.2 Å². The lowest BCUT2D eigenvalue weighted by atomic mass is 9.97. The summed E-state index contributed by atoms with van der Waals surface area (Å²) in [4.78, 5) is 26.5. The molecule has 1 atom stereocenters. The van der Waals surface area contributed by atoms with E-state index in [1.54, 1.807) is 18.2 Å². The maximum atomic E-state index is 12.6. The molecule has 0 unspecified atom stereocenters. The van der Waals surface area contributed by atoms with E-state index in [0.29, 0.717) is 29.5 Å². The third kappa shape index (κ3) is 4.66. The summed E-state index contributed by atoms with van der Waals surface area (Å²) >= 11 is 0. The Morgan fingerprint density at radius 1 is 1.12 bits per heavy atom. The van der Waals surface area contributed by atoms with Gasteiger partial charge in [-0.1, -0.05) is 18.2 Å². The number of carbonyl (C=O) groups excluding carboxylic acids is 2. The summed E-state index contributed by atoms with van der Waals surface area (Å²) in [5.74, 6) is 1.22. The smallest absolute Gasteiger partial charge is 0.251 e. The first kappa shape index (κ1) is 21.3. The topological polar surface area (TPSA) is 98.8 Å². The highest BCUT2D eigenvalue weighted by atomic mass is 16.7. The molecular formula is C25H28N4O4. The van der Waals surface area contributed by atoms with Crippen molar-refractivity contribution in [1.29, 1.82) is 0 Å². The van der Waals surface area contributed by atoms with Crippen LogP contribution in [0, 0.1) is 5.92 Å². The Labute approximate surface area is 192 Å². The Morgan fingerprint density at radius 3 is 2.85 bits per heavy atom. The number of carbonyl (C=O) groups is 2. The Bertz CT molecular complexity index is 1190. The molecule has 1 aromatic heterocycles. The molecule has 1 fully saturated rings. The highest BCUT2D eigenvalue weighted by Crippen LogP contribution is 2.32. The summed E-state index contributed by atoms with van der Waals surface area (Å²) < 4.78 is 12.6. The average Bonchev–Trinajstić information content (AvgIpc) is 3.42. The normalized spacial score (nSPS) is 17.9. The summed E-state index contributed by atoms with van der Waals surface area (Å²) in [5.41, 5.74) is 8.23. The second-order valence-corrected chi connectivity index (χ2v) is 8.79. The van der Waals surface area contributed by atoms with Crippen molar-refractivity contribution in [3.63, 3.8) is 0 Å². The Hall–Kier alpha value is -3.52. The first-order chi connectivity index (χ1) is 16.1. The molecule has 5 rings (SSSR count). The lowest BCUT2D eigenvalue weighted by Gasteiger charge is -2.32. The zero-order chi connectivity index (χ0) is 22.8. The SMILES string of the molecule is NC(=O)Cn1cc(CN2CCC[C@H](CNC(=O)c3ccc4c(c3)OCO4)C2)c2ccccc21. The van der Waals surface area contributed by atoms with Crippen LogP contribution in [0.2, 0.25) is 0 Å². The third-order valence-corrected chi connectivity index (χ3v) is 6.38. The van der Waals surface area contributed by atoms with Crippen molar-refractivity contribution in [3.05, 3.63) is 59.8 Å². The largest absolute Gasteiger partial charge is 0.454 e. The van der Waals surface area contributed by atoms with Gasteiger partial charge in [0.05, 0.1) is 0 Å². The van der Waals surface area contributed by atoms with Crippen LogP contribution in [0.15, 0.2) is 48.7 Å². The average molecular weight is 449 g/mol. The van der Waals surface area contributed by atoms with Crippen molar-refractivity contribution in [1.82, 2.24) is 14.8 Å². The molecule has 0 radical (unpaired) electrons. The zero-order valence-corrected chi connectivity index (χ0v) is 18.5. The number of hydrogen-bond acceptors (Lipinski definition) is 5. The predicted molar refractivity (Wildman–Crippen MR) is 124 cm³/mol. The van der Waals surface area contributed by atoms with Crippen molar-refractivity contribution < 1.29 is 19.1 Å². The fourth-order valence-corrected chi connectivity index (χ4v) is 4.83. The van der Waals surface area contributed by atoms with Gasteiger partial charge in [0.1, 0.15) is 6.54 Å². The van der Waals surface area contributed by atoms with Crippen LogP contribution in [0.1, 0.15) is 28.8 Å². The molecule has 2 aliphatic rings. The van der Waals surface area contributed by atoms with Crippen LogP contribution >= 0.6 is 0 Å². The van der Waals surface area contributed by atoms with Gasteiger partial charge in [-0.25, -0.2) is 0 Å². The van der Waals surface area contributed by atoms with Gasteiger partial charge < -0.3 is 25.1 Å². The molecule has 2 amide bonds. The number of nitrogens with one attached hydrogen (secondary N) is 1. The van der Waals surface area contributed by atoms with Gasteiger partial charge in [0.15, 0.2) is 11.5 Å². The summed E-state index contributed by atoms with van der Waals surface area (Å²) in [5, 5.41) is 4.23. The summed E-state index contributed by atoms with van der Waals surface area (Å²) in [6, 6.07) is 13.4. The fraction of sp³-hybridized carbons (Fsp3) is 0.360. The monoisotopic (exact) mass is 448 g/mol. The van der Waals surface area contributed by atoms with Crippen LogP contribution in [0.5, 0.6) is 11.5 Å². The number of primary amides is 1. The molecule has 3 heterocycles. The van der Waals surface area contributed by atoms with Crippen molar-refractivity contribution >= 4 is 22.7 Å². The first-order valence-electron chi connectivity index (χ1n) is 11.3. The van der Waals surface area contributed by atoms with E-state index in [9.17, 15) is 9.59 Å². The highest BCUT2D eigenvalue weighted by molar-refractivity contribution is 5.95. The number of amides is 2. The van der Waals surface area contributed by atoms with Gasteiger partial charge in [-0.15, -0.1) is 0 Å². The molecule has 172 valence electrons. The number of nitrogens with two attached hydrogens (primary N) is 1. The molecule has 0 spiro atoms. The second-order valence-electron chi connectivity index (χ2n) is 8.79. The third-order valence-electron chi connectivity index (χ3n) is 6.38. The van der Waals surface area contributed by atoms with Crippen LogP contribution in [-0.2, 0) is 17.9 Å².